The summed E-state index contributed by atoms with van der Waals surface area (Å²) in [5.74, 6) is 0. The Labute approximate surface area is 80.7 Å². The largest absolute Gasteiger partial charge is 0.392 e. The van der Waals surface area contributed by atoms with Crippen LogP contribution in [0.5, 0.6) is 0 Å². The zero-order valence-electron chi connectivity index (χ0n) is 8.34. The average molecular weight is 183 g/mol. The molecule has 2 aliphatic rings. The second-order valence-electron chi connectivity index (χ2n) is 4.61. The van der Waals surface area contributed by atoms with Crippen LogP contribution in [0.1, 0.15) is 51.4 Å². The molecule has 13 heavy (non-hydrogen) atoms. The molecular weight excluding hydrogens is 162 g/mol. The molecule has 2 aliphatic carbocycles. The Morgan fingerprint density at radius 3 is 2.23 bits per heavy atom. The van der Waals surface area contributed by atoms with Gasteiger partial charge in [-0.25, -0.2) is 0 Å². The molecule has 2 N–H and O–H groups in total. The van der Waals surface area contributed by atoms with Crippen molar-refractivity contribution in [2.24, 2.45) is 0 Å². The van der Waals surface area contributed by atoms with Gasteiger partial charge in [0.05, 0.1) is 6.10 Å². The molecule has 2 rings (SSSR count). The van der Waals surface area contributed by atoms with E-state index >= 15 is 0 Å². The van der Waals surface area contributed by atoms with Crippen molar-refractivity contribution in [2.75, 3.05) is 0 Å². The van der Waals surface area contributed by atoms with E-state index in [-0.39, 0.29) is 6.10 Å². The summed E-state index contributed by atoms with van der Waals surface area (Å²) >= 11 is 0. The Kier molecular flexibility index (Phi) is 3.23. The van der Waals surface area contributed by atoms with Crippen molar-refractivity contribution in [3.8, 4) is 0 Å². The van der Waals surface area contributed by atoms with Crippen molar-refractivity contribution in [3.05, 3.63) is 0 Å². The highest BCUT2D eigenvalue weighted by molar-refractivity contribution is 4.86. The topological polar surface area (TPSA) is 32.3 Å². The molecule has 0 saturated heterocycles. The van der Waals surface area contributed by atoms with Crippen LogP contribution in [-0.4, -0.2) is 23.3 Å². The minimum absolute atomic E-state index is 0.0677. The number of rotatable bonds is 2. The Morgan fingerprint density at radius 2 is 1.62 bits per heavy atom. The molecular formula is C11H21NO. The molecule has 0 aromatic carbocycles. The van der Waals surface area contributed by atoms with Gasteiger partial charge in [-0.15, -0.1) is 0 Å². The molecule has 0 amide bonds. The Hall–Kier alpha value is -0.0800. The van der Waals surface area contributed by atoms with Crippen molar-refractivity contribution >= 4 is 0 Å². The third-order valence-electron chi connectivity index (χ3n) is 3.53. The molecule has 0 aromatic heterocycles. The number of hydrogen-bond acceptors (Lipinski definition) is 2. The summed E-state index contributed by atoms with van der Waals surface area (Å²) < 4.78 is 0. The summed E-state index contributed by atoms with van der Waals surface area (Å²) in [7, 11) is 0. The van der Waals surface area contributed by atoms with Crippen molar-refractivity contribution in [2.45, 2.75) is 69.6 Å². The SMILES string of the molecule is O[C@@H]1CCC[C@H]1NC1CCCCC1. The zero-order chi connectivity index (χ0) is 9.10. The van der Waals surface area contributed by atoms with E-state index in [0.29, 0.717) is 12.1 Å². The van der Waals surface area contributed by atoms with Crippen LogP contribution in [0.25, 0.3) is 0 Å². The maximum Gasteiger partial charge on any atom is 0.0693 e. The van der Waals surface area contributed by atoms with Gasteiger partial charge in [0, 0.05) is 12.1 Å². The molecule has 2 atom stereocenters. The second kappa shape index (κ2) is 4.43. The highest BCUT2D eigenvalue weighted by atomic mass is 16.3. The summed E-state index contributed by atoms with van der Waals surface area (Å²) in [6.07, 6.45) is 10.1. The van der Waals surface area contributed by atoms with Gasteiger partial charge in [-0.3, -0.25) is 0 Å². The quantitative estimate of drug-likeness (QED) is 0.684. The molecule has 2 fully saturated rings. The molecule has 2 heteroatoms. The minimum Gasteiger partial charge on any atom is -0.392 e. The fourth-order valence-corrected chi connectivity index (χ4v) is 2.71. The number of aliphatic hydroxyl groups is 1. The van der Waals surface area contributed by atoms with Crippen LogP contribution >= 0.6 is 0 Å². The van der Waals surface area contributed by atoms with Gasteiger partial charge in [-0.05, 0) is 32.1 Å². The van der Waals surface area contributed by atoms with E-state index in [1.54, 1.807) is 0 Å². The highest BCUT2D eigenvalue weighted by Crippen LogP contribution is 2.23. The lowest BCUT2D eigenvalue weighted by molar-refractivity contribution is 0.138. The molecule has 0 spiro atoms. The first kappa shape index (κ1) is 9.47. The van der Waals surface area contributed by atoms with Crippen molar-refractivity contribution in [1.82, 2.24) is 5.32 Å². The van der Waals surface area contributed by atoms with Gasteiger partial charge in [-0.1, -0.05) is 19.3 Å². The maximum atomic E-state index is 9.66. The predicted octanol–water partition coefficient (Wildman–Crippen LogP) is 1.82. The first-order valence-corrected chi connectivity index (χ1v) is 5.80. The second-order valence-corrected chi connectivity index (χ2v) is 4.61. The van der Waals surface area contributed by atoms with E-state index in [1.807, 2.05) is 0 Å². The Bertz CT molecular complexity index is 154. The lowest BCUT2D eigenvalue weighted by atomic mass is 9.94. The van der Waals surface area contributed by atoms with Crippen LogP contribution in [0.2, 0.25) is 0 Å². The lowest BCUT2D eigenvalue weighted by Crippen LogP contribution is -2.43. The zero-order valence-corrected chi connectivity index (χ0v) is 8.34. The summed E-state index contributed by atoms with van der Waals surface area (Å²) in [6.45, 7) is 0. The normalized spacial score (nSPS) is 36.7. The van der Waals surface area contributed by atoms with Crippen molar-refractivity contribution in [3.63, 3.8) is 0 Å². The summed E-state index contributed by atoms with van der Waals surface area (Å²) in [5.41, 5.74) is 0. The molecule has 0 unspecified atom stereocenters. The van der Waals surface area contributed by atoms with Gasteiger partial charge >= 0.3 is 0 Å². The third-order valence-corrected chi connectivity index (χ3v) is 3.53. The van der Waals surface area contributed by atoms with E-state index in [0.717, 1.165) is 6.42 Å². The maximum absolute atomic E-state index is 9.66. The van der Waals surface area contributed by atoms with Gasteiger partial charge < -0.3 is 10.4 Å². The monoisotopic (exact) mass is 183 g/mol. The highest BCUT2D eigenvalue weighted by Gasteiger charge is 2.27. The summed E-state index contributed by atoms with van der Waals surface area (Å²) in [6, 6.07) is 1.11. The minimum atomic E-state index is -0.0677. The van der Waals surface area contributed by atoms with Gasteiger partial charge in [-0.2, -0.15) is 0 Å². The molecule has 0 aromatic rings. The summed E-state index contributed by atoms with van der Waals surface area (Å²) in [4.78, 5) is 0. The smallest absolute Gasteiger partial charge is 0.0693 e. The van der Waals surface area contributed by atoms with Gasteiger partial charge in [0.2, 0.25) is 0 Å². The number of nitrogens with one attached hydrogen (secondary N) is 1. The predicted molar refractivity (Wildman–Crippen MR) is 53.7 cm³/mol. The van der Waals surface area contributed by atoms with Gasteiger partial charge in [0.1, 0.15) is 0 Å². The number of aliphatic hydroxyl groups excluding tert-OH is 1. The van der Waals surface area contributed by atoms with Crippen LogP contribution < -0.4 is 5.32 Å². The summed E-state index contributed by atoms with van der Waals surface area (Å²) in [5, 5.41) is 13.3. The van der Waals surface area contributed by atoms with Gasteiger partial charge in [0.15, 0.2) is 0 Å². The van der Waals surface area contributed by atoms with Crippen LogP contribution in [0, 0.1) is 0 Å². The third kappa shape index (κ3) is 2.44. The first-order valence-electron chi connectivity index (χ1n) is 5.80. The standard InChI is InChI=1S/C11H21NO/c13-11-8-4-7-10(11)12-9-5-2-1-3-6-9/h9-13H,1-8H2/t10-,11-/m1/s1. The number of hydrogen-bond donors (Lipinski definition) is 2. The van der Waals surface area contributed by atoms with E-state index in [9.17, 15) is 5.11 Å². The van der Waals surface area contributed by atoms with E-state index in [4.69, 9.17) is 0 Å². The lowest BCUT2D eigenvalue weighted by Gasteiger charge is -2.27. The average Bonchev–Trinajstić information content (AvgIpc) is 2.54. The van der Waals surface area contributed by atoms with Crippen molar-refractivity contribution < 1.29 is 5.11 Å². The molecule has 0 radical (unpaired) electrons. The fraction of sp³-hybridized carbons (Fsp3) is 1.00. The Balaban J connectivity index is 1.75. The van der Waals surface area contributed by atoms with Crippen LogP contribution in [0.4, 0.5) is 0 Å². The Morgan fingerprint density at radius 1 is 0.846 bits per heavy atom. The molecule has 2 nitrogen and oxygen atoms in total. The molecule has 0 aliphatic heterocycles. The van der Waals surface area contributed by atoms with E-state index < -0.39 is 0 Å². The van der Waals surface area contributed by atoms with Crippen LogP contribution in [0.3, 0.4) is 0 Å². The molecule has 0 heterocycles. The molecule has 2 saturated carbocycles. The fourth-order valence-electron chi connectivity index (χ4n) is 2.71. The van der Waals surface area contributed by atoms with Crippen LogP contribution in [-0.2, 0) is 0 Å². The van der Waals surface area contributed by atoms with Gasteiger partial charge in [0.25, 0.3) is 0 Å². The van der Waals surface area contributed by atoms with Crippen LogP contribution in [0.15, 0.2) is 0 Å². The van der Waals surface area contributed by atoms with E-state index in [1.165, 1.54) is 44.9 Å². The van der Waals surface area contributed by atoms with Crippen molar-refractivity contribution in [1.29, 1.82) is 0 Å². The first-order chi connectivity index (χ1) is 6.36. The molecule has 76 valence electrons. The molecule has 0 bridgehead atoms. The van der Waals surface area contributed by atoms with E-state index in [2.05, 4.69) is 5.32 Å².